The van der Waals surface area contributed by atoms with Crippen LogP contribution >= 0.6 is 0 Å². The zero-order valence-electron chi connectivity index (χ0n) is 36.4. The highest BCUT2D eigenvalue weighted by Crippen LogP contribution is 2.40. The number of amidine groups is 1. The summed E-state index contributed by atoms with van der Waals surface area (Å²) in [7, 11) is 0. The van der Waals surface area contributed by atoms with Gasteiger partial charge in [-0.15, -0.1) is 0 Å². The molecule has 0 radical (unpaired) electrons. The van der Waals surface area contributed by atoms with Gasteiger partial charge in [-0.2, -0.15) is 0 Å². The Morgan fingerprint density at radius 2 is 1.06 bits per heavy atom. The fraction of sp³-hybridized carbons (Fsp3) is 0.153. The maximum absolute atomic E-state index is 5.42. The molecule has 0 saturated carbocycles. The number of nitrogens with zero attached hydrogens (tertiary/aromatic N) is 4. The second-order valence-electron chi connectivity index (χ2n) is 17.1. The van der Waals surface area contributed by atoms with Gasteiger partial charge in [0.15, 0.2) is 11.7 Å². The molecule has 0 aliphatic heterocycles. The Bertz CT molecular complexity index is 2800. The lowest BCUT2D eigenvalue weighted by Gasteiger charge is -2.33. The van der Waals surface area contributed by atoms with E-state index in [4.69, 9.17) is 20.0 Å². The van der Waals surface area contributed by atoms with E-state index >= 15 is 0 Å². The SMILES string of the molecule is CC(=NC(=NC(C)(C)C1=CC(C2C=C(c3nc(-c4cccc(-c5ccccc5)c4)cc(-c4cccc(-c5ccccc5)c4)n3)C=CC2C)CC=C1)c1ccccc1)c1ccccc1. The van der Waals surface area contributed by atoms with Crippen molar-refractivity contribution in [3.63, 3.8) is 0 Å². The van der Waals surface area contributed by atoms with E-state index in [0.29, 0.717) is 5.92 Å². The Morgan fingerprint density at radius 1 is 0.556 bits per heavy atom. The lowest BCUT2D eigenvalue weighted by Crippen LogP contribution is -2.27. The van der Waals surface area contributed by atoms with Crippen molar-refractivity contribution in [1.82, 2.24) is 9.97 Å². The first-order valence-corrected chi connectivity index (χ1v) is 22.0. The Labute approximate surface area is 372 Å². The van der Waals surface area contributed by atoms with Crippen LogP contribution in [0.2, 0.25) is 0 Å². The first kappa shape index (κ1) is 41.1. The molecule has 0 spiro atoms. The highest BCUT2D eigenvalue weighted by atomic mass is 15.0. The zero-order valence-corrected chi connectivity index (χ0v) is 36.4. The molecule has 6 aromatic carbocycles. The first-order valence-electron chi connectivity index (χ1n) is 22.0. The van der Waals surface area contributed by atoms with Crippen LogP contribution in [0.25, 0.3) is 50.3 Å². The van der Waals surface area contributed by atoms with Crippen LogP contribution < -0.4 is 0 Å². The van der Waals surface area contributed by atoms with Crippen LogP contribution in [-0.4, -0.2) is 27.1 Å². The lowest BCUT2D eigenvalue weighted by atomic mass is 9.73. The average molecular weight is 817 g/mol. The summed E-state index contributed by atoms with van der Waals surface area (Å²) in [5.74, 6) is 2.27. The van der Waals surface area contributed by atoms with Gasteiger partial charge in [-0.25, -0.2) is 15.0 Å². The van der Waals surface area contributed by atoms with Crippen molar-refractivity contribution >= 4 is 17.1 Å². The highest BCUT2D eigenvalue weighted by Gasteiger charge is 2.31. The van der Waals surface area contributed by atoms with Gasteiger partial charge in [-0.05, 0) is 96.5 Å². The van der Waals surface area contributed by atoms with Crippen molar-refractivity contribution in [2.75, 3.05) is 0 Å². The van der Waals surface area contributed by atoms with E-state index in [1.807, 2.05) is 24.3 Å². The molecule has 9 rings (SSSR count). The predicted octanol–water partition coefficient (Wildman–Crippen LogP) is 14.6. The van der Waals surface area contributed by atoms with E-state index in [2.05, 4.69) is 216 Å². The maximum atomic E-state index is 5.42. The van der Waals surface area contributed by atoms with Crippen molar-refractivity contribution in [2.24, 2.45) is 27.7 Å². The van der Waals surface area contributed by atoms with E-state index in [1.54, 1.807) is 0 Å². The summed E-state index contributed by atoms with van der Waals surface area (Å²) in [6.07, 6.45) is 15.0. The third-order valence-corrected chi connectivity index (χ3v) is 12.3. The summed E-state index contributed by atoms with van der Waals surface area (Å²) in [4.78, 5) is 21.2. The summed E-state index contributed by atoms with van der Waals surface area (Å²) < 4.78 is 0. The molecule has 2 aliphatic rings. The Morgan fingerprint density at radius 3 is 1.63 bits per heavy atom. The smallest absolute Gasteiger partial charge is 0.160 e. The minimum atomic E-state index is -0.532. The van der Waals surface area contributed by atoms with Crippen LogP contribution in [0.5, 0.6) is 0 Å². The van der Waals surface area contributed by atoms with Crippen LogP contribution in [0.4, 0.5) is 0 Å². The van der Waals surface area contributed by atoms with Crippen molar-refractivity contribution in [3.05, 3.63) is 235 Å². The molecule has 0 N–H and O–H groups in total. The number of aromatic nitrogens is 2. The summed E-state index contributed by atoms with van der Waals surface area (Å²) in [5, 5.41) is 0. The van der Waals surface area contributed by atoms with E-state index < -0.39 is 5.54 Å². The second-order valence-corrected chi connectivity index (χ2v) is 17.1. The molecule has 63 heavy (non-hydrogen) atoms. The molecule has 0 saturated heterocycles. The topological polar surface area (TPSA) is 50.5 Å². The number of allylic oxidation sites excluding steroid dienone is 6. The van der Waals surface area contributed by atoms with Gasteiger partial charge in [0, 0.05) is 28.0 Å². The van der Waals surface area contributed by atoms with Gasteiger partial charge in [0.05, 0.1) is 16.9 Å². The lowest BCUT2D eigenvalue weighted by molar-refractivity contribution is 0.386. The second kappa shape index (κ2) is 18.4. The van der Waals surface area contributed by atoms with Gasteiger partial charge in [-0.1, -0.05) is 201 Å². The summed E-state index contributed by atoms with van der Waals surface area (Å²) in [6, 6.07) is 61.2. The number of benzene rings is 6. The quantitative estimate of drug-likeness (QED) is 0.102. The zero-order chi connectivity index (χ0) is 43.2. The Kier molecular flexibility index (Phi) is 12.0. The van der Waals surface area contributed by atoms with Crippen LogP contribution in [0.3, 0.4) is 0 Å². The standard InChI is InChI=1S/C59H52N4/c1-41-34-35-52(39-54(41)49-30-19-33-53(38-49)59(3,4)63-58(46-26-15-8-16-27-46)60-42(2)43-20-9-5-10-21-43)57-61-55(50-31-17-28-47(36-50)44-22-11-6-12-23-44)40-56(62-57)51-32-18-29-48(37-51)45-24-13-7-14-25-45/h5-29,31-41,49,54H,30H2,1-4H3. The summed E-state index contributed by atoms with van der Waals surface area (Å²) in [5.41, 5.74) is 13.3. The largest absolute Gasteiger partial charge is 0.255 e. The Balaban J connectivity index is 1.09. The molecule has 308 valence electrons. The molecule has 3 unspecified atom stereocenters. The maximum Gasteiger partial charge on any atom is 0.160 e. The van der Waals surface area contributed by atoms with E-state index in [1.165, 1.54) is 16.7 Å². The molecule has 0 amide bonds. The van der Waals surface area contributed by atoms with E-state index in [9.17, 15) is 0 Å². The summed E-state index contributed by atoms with van der Waals surface area (Å²) in [6.45, 7) is 8.79. The highest BCUT2D eigenvalue weighted by molar-refractivity contribution is 6.11. The number of hydrogen-bond acceptors (Lipinski definition) is 3. The fourth-order valence-electron chi connectivity index (χ4n) is 8.67. The molecular formula is C59H52N4. The van der Waals surface area contributed by atoms with E-state index in [-0.39, 0.29) is 11.8 Å². The molecule has 4 heteroatoms. The predicted molar refractivity (Wildman–Crippen MR) is 265 cm³/mol. The fourth-order valence-corrected chi connectivity index (χ4v) is 8.67. The van der Waals surface area contributed by atoms with Gasteiger partial charge in [-0.3, -0.25) is 4.99 Å². The van der Waals surface area contributed by atoms with Gasteiger partial charge in [0.2, 0.25) is 0 Å². The normalized spacial score (nSPS) is 17.9. The molecule has 0 fully saturated rings. The molecule has 1 aromatic heterocycles. The summed E-state index contributed by atoms with van der Waals surface area (Å²) >= 11 is 0. The van der Waals surface area contributed by atoms with Crippen LogP contribution in [0.1, 0.15) is 51.1 Å². The van der Waals surface area contributed by atoms with Crippen molar-refractivity contribution in [2.45, 2.75) is 39.7 Å². The minimum Gasteiger partial charge on any atom is -0.255 e. The van der Waals surface area contributed by atoms with Crippen LogP contribution in [-0.2, 0) is 0 Å². The van der Waals surface area contributed by atoms with Crippen molar-refractivity contribution in [1.29, 1.82) is 0 Å². The third kappa shape index (κ3) is 9.46. The number of aliphatic imine (C=N–C) groups is 2. The molecule has 1 heterocycles. The van der Waals surface area contributed by atoms with Crippen LogP contribution in [0, 0.1) is 17.8 Å². The molecule has 3 atom stereocenters. The monoisotopic (exact) mass is 816 g/mol. The van der Waals surface area contributed by atoms with Crippen molar-refractivity contribution < 1.29 is 0 Å². The molecule has 4 nitrogen and oxygen atoms in total. The number of hydrogen-bond donors (Lipinski definition) is 0. The number of rotatable bonds is 10. The van der Waals surface area contributed by atoms with Gasteiger partial charge in [0.1, 0.15) is 0 Å². The minimum absolute atomic E-state index is 0.232. The third-order valence-electron chi connectivity index (χ3n) is 12.3. The van der Waals surface area contributed by atoms with Gasteiger partial charge >= 0.3 is 0 Å². The first-order chi connectivity index (χ1) is 30.8. The van der Waals surface area contributed by atoms with E-state index in [0.717, 1.165) is 74.1 Å². The van der Waals surface area contributed by atoms with Gasteiger partial charge < -0.3 is 0 Å². The molecular weight excluding hydrogens is 765 g/mol. The molecule has 0 bridgehead atoms. The van der Waals surface area contributed by atoms with Crippen molar-refractivity contribution in [3.8, 4) is 44.8 Å². The average Bonchev–Trinajstić information content (AvgIpc) is 3.35. The van der Waals surface area contributed by atoms with Crippen LogP contribution in [0.15, 0.2) is 228 Å². The Hall–Kier alpha value is -7.30. The molecule has 7 aromatic rings. The van der Waals surface area contributed by atoms with Gasteiger partial charge in [0.25, 0.3) is 0 Å². The molecule has 2 aliphatic carbocycles.